The van der Waals surface area contributed by atoms with E-state index in [2.05, 4.69) is 46.8 Å². The molecule has 3 aromatic carbocycles. The Hall–Kier alpha value is -5.44. The number of allylic oxidation sites excluding steroid dienone is 1. The number of benzene rings is 3. The Labute approximate surface area is 388 Å². The number of amides is 1. The number of carboxylic acids is 1. The van der Waals surface area contributed by atoms with Crippen molar-refractivity contribution in [3.8, 4) is 22.6 Å². The highest BCUT2D eigenvalue weighted by Crippen LogP contribution is 2.44. The molecule has 2 saturated heterocycles. The molecule has 18 heteroatoms. The number of aryl methyl sites for hydroxylation is 1. The minimum atomic E-state index is -2.61. The van der Waals surface area contributed by atoms with Crippen LogP contribution in [-0.4, -0.2) is 112 Å². The molecule has 9 N–H and O–H groups in total. The van der Waals surface area contributed by atoms with Gasteiger partial charge in [-0.2, -0.15) is 0 Å². The van der Waals surface area contributed by atoms with Crippen LogP contribution in [0.1, 0.15) is 52.9 Å². The summed E-state index contributed by atoms with van der Waals surface area (Å²) in [6.07, 6.45) is 4.72. The Kier molecular flexibility index (Phi) is 15.8. The van der Waals surface area contributed by atoms with Crippen molar-refractivity contribution in [1.29, 1.82) is 0 Å². The number of phenols is 1. The first-order valence-corrected chi connectivity index (χ1v) is 24.0. The number of aliphatic carboxylic acids is 1. The number of aromatic hydroxyl groups is 1. The highest BCUT2D eigenvalue weighted by atomic mass is 33.1. The number of carbonyl (C=O) groups is 3. The third-order valence-corrected chi connectivity index (χ3v) is 14.5. The molecule has 7 rings (SSSR count). The number of aromatic nitrogens is 1. The summed E-state index contributed by atoms with van der Waals surface area (Å²) in [6.45, 7) is 2.89. The summed E-state index contributed by atoms with van der Waals surface area (Å²) in [5.41, 5.74) is 3.29. The molecule has 0 radical (unpaired) electrons. The van der Waals surface area contributed by atoms with Crippen LogP contribution in [0.4, 0.5) is 0 Å². The van der Waals surface area contributed by atoms with E-state index in [0.717, 1.165) is 30.5 Å². The zero-order valence-electron chi connectivity index (χ0n) is 36.4. The van der Waals surface area contributed by atoms with Gasteiger partial charge in [-0.25, -0.2) is 4.79 Å². The topological polar surface area (TPSA) is 256 Å². The standard InChI is InChI=1S/C48H54N4O12S2/c1-28(7-5-10-29-8-3-4-9-30(29)11-6-19-50-2)36-23-52-25-47(60)46(64-42(45(58)59)43(56)48(47,26-53)61-27-66-65-24-37(36)32-18-20-51-22-32)62-34-16-17-35-38(21-34)63-41(44(49)57)39(40(35)55)31-12-14-33(54)15-13-31/h3-5,8-10,12-18,20-22,26,28,36-37,42-43,46,50-52,54,56,60H,6-7,11,19,23-25,27H2,1-2H3,(H2,49,57)(H,58,59)/b10-5+/t28-,36-,37+,42-,43+,46+,47-,48-/m0/s1. The predicted octanol–water partition coefficient (Wildman–Crippen LogP) is 5.06. The molecule has 4 heterocycles. The van der Waals surface area contributed by atoms with Crippen molar-refractivity contribution < 1.29 is 53.4 Å². The van der Waals surface area contributed by atoms with Crippen molar-refractivity contribution in [2.24, 2.45) is 17.6 Å². The van der Waals surface area contributed by atoms with Gasteiger partial charge in [-0.15, -0.1) is 0 Å². The molecule has 1 amide bonds. The number of phenolic OH excluding ortho intramolecular Hbond substituents is 1. The number of hydrogen-bond acceptors (Lipinski definition) is 15. The summed E-state index contributed by atoms with van der Waals surface area (Å²) in [4.78, 5) is 55.7. The van der Waals surface area contributed by atoms with Gasteiger partial charge in [0.1, 0.15) is 29.1 Å². The van der Waals surface area contributed by atoms with E-state index in [9.17, 15) is 39.6 Å². The Morgan fingerprint density at radius 2 is 1.89 bits per heavy atom. The minimum Gasteiger partial charge on any atom is -0.508 e. The van der Waals surface area contributed by atoms with Crippen LogP contribution in [-0.2, 0) is 25.5 Å². The van der Waals surface area contributed by atoms with Gasteiger partial charge >= 0.3 is 5.97 Å². The van der Waals surface area contributed by atoms with Crippen LogP contribution < -0.4 is 26.5 Å². The van der Waals surface area contributed by atoms with E-state index in [-0.39, 0.29) is 63.6 Å². The molecule has 8 atom stereocenters. The Balaban J connectivity index is 1.22. The number of rotatable bonds is 15. The van der Waals surface area contributed by atoms with E-state index in [1.807, 2.05) is 37.6 Å². The second-order valence-corrected chi connectivity index (χ2v) is 19.0. The van der Waals surface area contributed by atoms with E-state index in [1.54, 1.807) is 0 Å². The number of ether oxygens (including phenoxy) is 3. The molecule has 5 aromatic rings. The molecule has 0 spiro atoms. The van der Waals surface area contributed by atoms with Crippen LogP contribution in [0.5, 0.6) is 11.5 Å². The van der Waals surface area contributed by atoms with Crippen LogP contribution in [0.15, 0.2) is 100 Å². The quantitative estimate of drug-likeness (QED) is 0.0388. The summed E-state index contributed by atoms with van der Waals surface area (Å²) >= 11 is 0. The second kappa shape index (κ2) is 21.5. The first-order chi connectivity index (χ1) is 31.8. The fraction of sp³-hybridized carbons (Fsp3) is 0.375. The summed E-state index contributed by atoms with van der Waals surface area (Å²) in [5.74, 6) is -2.99. The van der Waals surface area contributed by atoms with E-state index < -0.39 is 59.3 Å². The highest BCUT2D eigenvalue weighted by molar-refractivity contribution is 8.76. The van der Waals surface area contributed by atoms with Crippen LogP contribution in [0.3, 0.4) is 0 Å². The predicted molar refractivity (Wildman–Crippen MR) is 252 cm³/mol. The lowest BCUT2D eigenvalue weighted by Crippen LogP contribution is -2.80. The summed E-state index contributed by atoms with van der Waals surface area (Å²) < 4.78 is 24.1. The van der Waals surface area contributed by atoms with Crippen LogP contribution in [0.2, 0.25) is 0 Å². The maximum Gasteiger partial charge on any atom is 0.335 e. The van der Waals surface area contributed by atoms with Crippen LogP contribution in [0, 0.1) is 11.8 Å². The number of aromatic amines is 1. The van der Waals surface area contributed by atoms with Crippen molar-refractivity contribution in [1.82, 2.24) is 15.6 Å². The van der Waals surface area contributed by atoms with E-state index >= 15 is 0 Å². The van der Waals surface area contributed by atoms with E-state index in [1.165, 1.54) is 69.6 Å². The van der Waals surface area contributed by atoms with Crippen molar-refractivity contribution >= 4 is 56.8 Å². The zero-order chi connectivity index (χ0) is 47.0. The first kappa shape index (κ1) is 48.5. The molecule has 0 bridgehead atoms. The van der Waals surface area contributed by atoms with Gasteiger partial charge in [-0.3, -0.25) is 14.4 Å². The normalized spacial score (nSPS) is 25.6. The number of carboxylic acid groups (broad SMARTS) is 1. The SMILES string of the molecule is CNCCCc1ccccc1/C=C/C[C@H](C)[C@@H]1CNC[C@]2(O)[C@H](Oc3ccc4c(=O)c(-c5ccc(O)cc5)c(C(N)=O)oc4c3)O[C@H](C(=O)O)[C@@H](O)[C@]2(C=O)OCSSC[C@@H]1c1cc[nH]c1. The van der Waals surface area contributed by atoms with Crippen molar-refractivity contribution in [2.45, 2.75) is 61.8 Å². The third kappa shape index (κ3) is 10.1. The fourth-order valence-electron chi connectivity index (χ4n) is 8.82. The maximum atomic E-state index is 13.8. The van der Waals surface area contributed by atoms with Crippen molar-refractivity contribution in [2.75, 3.05) is 38.4 Å². The average molecular weight is 943 g/mol. The van der Waals surface area contributed by atoms with Gasteiger partial charge in [0.2, 0.25) is 17.5 Å². The molecular weight excluding hydrogens is 889 g/mol. The lowest BCUT2D eigenvalue weighted by Gasteiger charge is -2.53. The van der Waals surface area contributed by atoms with Crippen molar-refractivity contribution in [3.05, 3.63) is 124 Å². The Morgan fingerprint density at radius 1 is 1.11 bits per heavy atom. The molecule has 2 fully saturated rings. The molecule has 0 saturated carbocycles. The fourth-order valence-corrected chi connectivity index (χ4v) is 10.9. The molecular formula is C48H54N4O12S2. The van der Waals surface area contributed by atoms with Gasteiger partial charge < -0.3 is 60.4 Å². The number of fused-ring (bicyclic) bond motifs is 2. The van der Waals surface area contributed by atoms with Gasteiger partial charge in [-0.05, 0) is 110 Å². The number of nitrogens with one attached hydrogen (secondary N) is 3. The number of carbonyl (C=O) groups excluding carboxylic acids is 2. The van der Waals surface area contributed by atoms with Gasteiger partial charge in [0, 0.05) is 30.8 Å². The van der Waals surface area contributed by atoms with Gasteiger partial charge in [-0.1, -0.05) is 77.1 Å². The molecule has 2 aliphatic heterocycles. The highest BCUT2D eigenvalue weighted by Gasteiger charge is 2.69. The van der Waals surface area contributed by atoms with Crippen molar-refractivity contribution in [3.63, 3.8) is 0 Å². The summed E-state index contributed by atoms with van der Waals surface area (Å²) in [7, 11) is 4.67. The van der Waals surface area contributed by atoms with E-state index in [4.69, 9.17) is 24.4 Å². The summed E-state index contributed by atoms with van der Waals surface area (Å²) in [5, 5.41) is 51.2. The molecule has 0 unspecified atom stereocenters. The molecule has 16 nitrogen and oxygen atoms in total. The molecule has 350 valence electrons. The number of aliphatic hydroxyl groups excluding tert-OH is 1. The Bertz CT molecular complexity index is 2570. The number of nitrogens with two attached hydrogens (primary N) is 1. The van der Waals surface area contributed by atoms with Gasteiger partial charge in [0.15, 0.2) is 23.6 Å². The smallest absolute Gasteiger partial charge is 0.335 e. The minimum absolute atomic E-state index is 0.00557. The lowest BCUT2D eigenvalue weighted by molar-refractivity contribution is -0.340. The number of H-pyrrole nitrogens is 1. The zero-order valence-corrected chi connectivity index (χ0v) is 38.0. The van der Waals surface area contributed by atoms with Gasteiger partial charge in [0.25, 0.3) is 5.91 Å². The Morgan fingerprint density at radius 3 is 2.61 bits per heavy atom. The largest absolute Gasteiger partial charge is 0.508 e. The number of hydrogen-bond donors (Lipinski definition) is 8. The molecule has 2 aliphatic rings. The van der Waals surface area contributed by atoms with Crippen LogP contribution in [0.25, 0.3) is 28.2 Å². The molecule has 2 aromatic heterocycles. The number of primary amides is 1. The lowest BCUT2D eigenvalue weighted by atomic mass is 9.73. The average Bonchev–Trinajstić information content (AvgIpc) is 3.84. The summed E-state index contributed by atoms with van der Waals surface area (Å²) in [6, 6.07) is 19.8. The number of aliphatic hydroxyl groups is 2. The maximum absolute atomic E-state index is 13.8. The number of aldehydes is 1. The molecule has 0 aliphatic carbocycles. The number of β-amino-alcohol motifs (C(OH)–C–C–N with tert-alkyl or cyclic N) is 1. The third-order valence-electron chi connectivity index (χ3n) is 12.5. The molecule has 66 heavy (non-hydrogen) atoms. The first-order valence-electron chi connectivity index (χ1n) is 21.5. The van der Waals surface area contributed by atoms with Gasteiger partial charge in [0.05, 0.1) is 10.9 Å². The monoisotopic (exact) mass is 942 g/mol. The van der Waals surface area contributed by atoms with Crippen LogP contribution >= 0.6 is 21.6 Å². The van der Waals surface area contributed by atoms with E-state index in [0.29, 0.717) is 18.7 Å². The second-order valence-electron chi connectivity index (χ2n) is 16.6.